The Labute approximate surface area is 142 Å². The minimum atomic E-state index is -4.67. The summed E-state index contributed by atoms with van der Waals surface area (Å²) in [5.41, 5.74) is 1.12. The van der Waals surface area contributed by atoms with Crippen molar-refractivity contribution in [3.63, 3.8) is 0 Å². The largest absolute Gasteiger partial charge is 0.451 e. The van der Waals surface area contributed by atoms with Crippen LogP contribution in [0.15, 0.2) is 37.1 Å². The smallest absolute Gasteiger partial charge is 0.294 e. The second kappa shape index (κ2) is 5.86. The molecule has 0 atom stereocenters. The standard InChI is InChI=1S/C15H9F4N7/c16-9-2-1-3-26-11(9)10(4-8-5-20-7-21-6-8)22-13(26)12-23-14(25-24-12)15(17,18)19/h1-3,5-7H,4H2,(H,23,24,25). The van der Waals surface area contributed by atoms with Crippen LogP contribution in [0.4, 0.5) is 17.6 Å². The van der Waals surface area contributed by atoms with Crippen molar-refractivity contribution in [1.29, 1.82) is 0 Å². The molecule has 0 saturated heterocycles. The number of fused-ring (bicyclic) bond motifs is 1. The fourth-order valence-electron chi connectivity index (χ4n) is 2.55. The number of halogens is 4. The van der Waals surface area contributed by atoms with E-state index >= 15 is 0 Å². The van der Waals surface area contributed by atoms with Crippen LogP contribution >= 0.6 is 0 Å². The summed E-state index contributed by atoms with van der Waals surface area (Å²) in [5.74, 6) is -2.10. The Balaban J connectivity index is 1.86. The highest BCUT2D eigenvalue weighted by atomic mass is 19.4. The van der Waals surface area contributed by atoms with Crippen molar-refractivity contribution in [1.82, 2.24) is 34.5 Å². The quantitative estimate of drug-likeness (QED) is 0.566. The zero-order valence-corrected chi connectivity index (χ0v) is 12.9. The zero-order valence-electron chi connectivity index (χ0n) is 12.9. The van der Waals surface area contributed by atoms with E-state index in [0.29, 0.717) is 11.3 Å². The van der Waals surface area contributed by atoms with Crippen molar-refractivity contribution in [3.8, 4) is 11.6 Å². The van der Waals surface area contributed by atoms with Gasteiger partial charge >= 0.3 is 6.18 Å². The number of imidazole rings is 1. The summed E-state index contributed by atoms with van der Waals surface area (Å²) >= 11 is 0. The maximum atomic E-state index is 14.4. The molecule has 0 aliphatic heterocycles. The molecule has 0 aliphatic rings. The predicted octanol–water partition coefficient (Wildman–Crippen LogP) is 2.66. The molecule has 0 bridgehead atoms. The Morgan fingerprint density at radius 1 is 1.12 bits per heavy atom. The van der Waals surface area contributed by atoms with E-state index in [9.17, 15) is 17.6 Å². The van der Waals surface area contributed by atoms with Crippen LogP contribution < -0.4 is 0 Å². The molecule has 4 rings (SSSR count). The van der Waals surface area contributed by atoms with Crippen LogP contribution in [-0.2, 0) is 12.6 Å². The van der Waals surface area contributed by atoms with Gasteiger partial charge in [-0.3, -0.25) is 9.50 Å². The van der Waals surface area contributed by atoms with E-state index in [1.54, 1.807) is 12.4 Å². The van der Waals surface area contributed by atoms with Gasteiger partial charge in [-0.05, 0) is 17.7 Å². The van der Waals surface area contributed by atoms with Gasteiger partial charge in [-0.1, -0.05) is 0 Å². The second-order valence-electron chi connectivity index (χ2n) is 5.39. The first-order valence-electron chi connectivity index (χ1n) is 7.33. The molecule has 0 aromatic carbocycles. The predicted molar refractivity (Wildman–Crippen MR) is 80.4 cm³/mol. The molecular formula is C15H9F4N7. The van der Waals surface area contributed by atoms with Gasteiger partial charge in [0, 0.05) is 25.0 Å². The van der Waals surface area contributed by atoms with Gasteiger partial charge in [-0.15, -0.1) is 5.10 Å². The highest BCUT2D eigenvalue weighted by molar-refractivity contribution is 5.63. The van der Waals surface area contributed by atoms with Crippen molar-refractivity contribution in [2.75, 3.05) is 0 Å². The summed E-state index contributed by atoms with van der Waals surface area (Å²) < 4.78 is 53.9. The lowest BCUT2D eigenvalue weighted by Gasteiger charge is -2.00. The molecule has 26 heavy (non-hydrogen) atoms. The van der Waals surface area contributed by atoms with Crippen molar-refractivity contribution in [3.05, 3.63) is 59.9 Å². The van der Waals surface area contributed by atoms with E-state index in [2.05, 4.69) is 25.0 Å². The van der Waals surface area contributed by atoms with Crippen LogP contribution in [0.3, 0.4) is 0 Å². The molecule has 0 amide bonds. The fraction of sp³-hybridized carbons (Fsp3) is 0.133. The highest BCUT2D eigenvalue weighted by Gasteiger charge is 2.36. The molecule has 0 radical (unpaired) electrons. The van der Waals surface area contributed by atoms with Crippen molar-refractivity contribution in [2.24, 2.45) is 0 Å². The van der Waals surface area contributed by atoms with Crippen molar-refractivity contribution in [2.45, 2.75) is 12.6 Å². The molecule has 132 valence electrons. The van der Waals surface area contributed by atoms with Gasteiger partial charge in [-0.25, -0.2) is 24.3 Å². The number of hydrogen-bond acceptors (Lipinski definition) is 5. The normalized spacial score (nSPS) is 12.0. The number of nitrogens with zero attached hydrogens (tertiary/aromatic N) is 6. The van der Waals surface area contributed by atoms with Crippen molar-refractivity contribution < 1.29 is 17.6 Å². The van der Waals surface area contributed by atoms with E-state index in [-0.39, 0.29) is 23.6 Å². The van der Waals surface area contributed by atoms with E-state index in [4.69, 9.17) is 0 Å². The SMILES string of the molecule is Fc1cccn2c(-c3n[nH]c(C(F)(F)F)n3)nc(Cc3cncnc3)c12. The number of aromatic amines is 1. The topological polar surface area (TPSA) is 84.7 Å². The summed E-state index contributed by atoms with van der Waals surface area (Å²) in [7, 11) is 0. The Morgan fingerprint density at radius 2 is 1.88 bits per heavy atom. The fourth-order valence-corrected chi connectivity index (χ4v) is 2.55. The second-order valence-corrected chi connectivity index (χ2v) is 5.39. The molecule has 4 aromatic heterocycles. The molecule has 7 nitrogen and oxygen atoms in total. The third kappa shape index (κ3) is 2.76. The van der Waals surface area contributed by atoms with E-state index < -0.39 is 17.8 Å². The minimum absolute atomic E-state index is 0.00176. The molecule has 0 saturated carbocycles. The third-order valence-corrected chi connectivity index (χ3v) is 3.63. The molecule has 4 aromatic rings. The molecule has 0 spiro atoms. The first-order valence-corrected chi connectivity index (χ1v) is 7.33. The Kier molecular flexibility index (Phi) is 3.63. The van der Waals surface area contributed by atoms with E-state index in [1.807, 2.05) is 5.10 Å². The van der Waals surface area contributed by atoms with Gasteiger partial charge in [0.1, 0.15) is 17.7 Å². The van der Waals surface area contributed by atoms with Crippen LogP contribution in [0, 0.1) is 5.82 Å². The number of hydrogen-bond donors (Lipinski definition) is 1. The Hall–Kier alpha value is -3.37. The average Bonchev–Trinajstić information content (AvgIpc) is 3.21. The average molecular weight is 363 g/mol. The first kappa shape index (κ1) is 16.1. The number of aromatic nitrogens is 7. The maximum Gasteiger partial charge on any atom is 0.451 e. The lowest BCUT2D eigenvalue weighted by Crippen LogP contribution is -2.07. The molecule has 11 heteroatoms. The van der Waals surface area contributed by atoms with Gasteiger partial charge in [0.25, 0.3) is 0 Å². The van der Waals surface area contributed by atoms with Gasteiger partial charge in [0.15, 0.2) is 5.82 Å². The number of rotatable bonds is 3. The van der Waals surface area contributed by atoms with E-state index in [0.717, 1.165) is 0 Å². The van der Waals surface area contributed by atoms with Gasteiger partial charge in [0.2, 0.25) is 11.6 Å². The Bertz CT molecular complexity index is 1070. The van der Waals surface area contributed by atoms with Gasteiger partial charge in [-0.2, -0.15) is 13.2 Å². The summed E-state index contributed by atoms with van der Waals surface area (Å²) in [5, 5.41) is 5.40. The lowest BCUT2D eigenvalue weighted by atomic mass is 10.1. The molecular weight excluding hydrogens is 354 g/mol. The molecule has 1 N–H and O–H groups in total. The van der Waals surface area contributed by atoms with Crippen LogP contribution in [0.5, 0.6) is 0 Å². The van der Waals surface area contributed by atoms with Gasteiger partial charge in [0.05, 0.1) is 5.69 Å². The van der Waals surface area contributed by atoms with Crippen LogP contribution in [-0.4, -0.2) is 34.5 Å². The molecule has 0 aliphatic carbocycles. The molecule has 0 unspecified atom stereocenters. The first-order chi connectivity index (χ1) is 12.4. The minimum Gasteiger partial charge on any atom is -0.294 e. The van der Waals surface area contributed by atoms with Crippen LogP contribution in [0.2, 0.25) is 0 Å². The number of alkyl halides is 3. The van der Waals surface area contributed by atoms with E-state index in [1.165, 1.54) is 29.1 Å². The van der Waals surface area contributed by atoms with Gasteiger partial charge < -0.3 is 0 Å². The third-order valence-electron chi connectivity index (χ3n) is 3.63. The zero-order chi connectivity index (χ0) is 18.3. The summed E-state index contributed by atoms with van der Waals surface area (Å²) in [6.45, 7) is 0. The summed E-state index contributed by atoms with van der Waals surface area (Å²) in [6, 6.07) is 2.66. The number of H-pyrrole nitrogens is 1. The summed E-state index contributed by atoms with van der Waals surface area (Å²) in [6.07, 6.45) is 1.46. The lowest BCUT2D eigenvalue weighted by molar-refractivity contribution is -0.144. The van der Waals surface area contributed by atoms with Crippen LogP contribution in [0.1, 0.15) is 17.1 Å². The maximum absolute atomic E-state index is 14.4. The number of pyridine rings is 1. The highest BCUT2D eigenvalue weighted by Crippen LogP contribution is 2.29. The molecule has 4 heterocycles. The summed E-state index contributed by atoms with van der Waals surface area (Å²) in [4.78, 5) is 15.5. The Morgan fingerprint density at radius 3 is 2.58 bits per heavy atom. The molecule has 0 fully saturated rings. The monoisotopic (exact) mass is 363 g/mol. The van der Waals surface area contributed by atoms with Crippen molar-refractivity contribution >= 4 is 5.52 Å². The number of nitrogens with one attached hydrogen (secondary N) is 1. The van der Waals surface area contributed by atoms with Crippen LogP contribution in [0.25, 0.3) is 17.2 Å².